The summed E-state index contributed by atoms with van der Waals surface area (Å²) in [5.41, 5.74) is 0.893. The molecule has 0 spiro atoms. The van der Waals surface area contributed by atoms with E-state index in [0.29, 0.717) is 19.0 Å². The number of nitrogens with zero attached hydrogens (tertiary/aromatic N) is 2. The molecule has 1 aromatic carbocycles. The van der Waals surface area contributed by atoms with Gasteiger partial charge in [0.15, 0.2) is 0 Å². The molecule has 1 aliphatic rings. The molecular weight excluding hydrogens is 292 g/mol. The molecule has 1 fully saturated rings. The summed E-state index contributed by atoms with van der Waals surface area (Å²) in [6.07, 6.45) is 1.69. The Morgan fingerprint density at radius 3 is 2.57 bits per heavy atom. The molecule has 0 N–H and O–H groups in total. The maximum atomic E-state index is 12.5. The summed E-state index contributed by atoms with van der Waals surface area (Å²) >= 11 is 6.10. The van der Waals surface area contributed by atoms with Gasteiger partial charge in [-0.15, -0.1) is 11.6 Å². The average Bonchev–Trinajstić information content (AvgIpc) is 2.46. The van der Waals surface area contributed by atoms with E-state index in [9.17, 15) is 14.9 Å². The summed E-state index contributed by atoms with van der Waals surface area (Å²) < 4.78 is 0. The van der Waals surface area contributed by atoms with Crippen LogP contribution >= 0.6 is 11.6 Å². The largest absolute Gasteiger partial charge is 0.338 e. The van der Waals surface area contributed by atoms with E-state index >= 15 is 0 Å². The number of amides is 1. The summed E-state index contributed by atoms with van der Waals surface area (Å²) in [5.74, 6) is 0.147. The number of aryl methyl sites for hydroxylation is 1. The minimum absolute atomic E-state index is 0.0931. The van der Waals surface area contributed by atoms with E-state index in [1.54, 1.807) is 17.0 Å². The van der Waals surface area contributed by atoms with Gasteiger partial charge in [-0.1, -0.05) is 6.07 Å². The molecule has 21 heavy (non-hydrogen) atoms. The van der Waals surface area contributed by atoms with Gasteiger partial charge >= 0.3 is 0 Å². The molecule has 0 aliphatic carbocycles. The number of nitro groups is 1. The third kappa shape index (κ3) is 3.53. The molecule has 0 saturated carbocycles. The highest BCUT2D eigenvalue weighted by molar-refractivity contribution is 6.20. The van der Waals surface area contributed by atoms with Gasteiger partial charge in [-0.25, -0.2) is 0 Å². The quantitative estimate of drug-likeness (QED) is 0.488. The van der Waals surface area contributed by atoms with Gasteiger partial charge in [-0.05, 0) is 44.2 Å². The number of nitro benzene ring substituents is 1. The van der Waals surface area contributed by atoms with Crippen molar-refractivity contribution in [3.8, 4) is 0 Å². The first-order valence-electron chi connectivity index (χ1n) is 7.08. The molecule has 0 radical (unpaired) electrons. The molecule has 1 saturated heterocycles. The lowest BCUT2D eigenvalue weighted by Crippen LogP contribution is -2.40. The van der Waals surface area contributed by atoms with Crippen LogP contribution in [-0.2, 0) is 0 Å². The highest BCUT2D eigenvalue weighted by Crippen LogP contribution is 2.27. The lowest BCUT2D eigenvalue weighted by Gasteiger charge is -2.33. The molecule has 1 aliphatic heterocycles. The van der Waals surface area contributed by atoms with Crippen molar-refractivity contribution < 1.29 is 9.72 Å². The van der Waals surface area contributed by atoms with Crippen LogP contribution in [0, 0.1) is 23.0 Å². The van der Waals surface area contributed by atoms with Crippen LogP contribution in [-0.4, -0.2) is 34.2 Å². The third-order valence-electron chi connectivity index (χ3n) is 4.06. The first-order chi connectivity index (χ1) is 9.90. The van der Waals surface area contributed by atoms with Gasteiger partial charge in [0.1, 0.15) is 5.56 Å². The first-order valence-corrected chi connectivity index (χ1v) is 7.52. The fraction of sp³-hybridized carbons (Fsp3) is 0.533. The van der Waals surface area contributed by atoms with Crippen LogP contribution in [0.25, 0.3) is 0 Å². The number of carbonyl (C=O) groups is 1. The number of halogens is 1. The molecule has 1 unspecified atom stereocenters. The molecule has 1 atom stereocenters. The predicted octanol–water partition coefficient (Wildman–Crippen LogP) is 3.38. The summed E-state index contributed by atoms with van der Waals surface area (Å²) in [7, 11) is 0. The lowest BCUT2D eigenvalue weighted by atomic mass is 9.93. The van der Waals surface area contributed by atoms with Crippen molar-refractivity contribution in [1.82, 2.24) is 4.90 Å². The van der Waals surface area contributed by atoms with Gasteiger partial charge in [0.05, 0.1) is 4.92 Å². The van der Waals surface area contributed by atoms with Crippen molar-refractivity contribution in [2.75, 3.05) is 13.1 Å². The second kappa shape index (κ2) is 6.43. The Labute approximate surface area is 129 Å². The van der Waals surface area contributed by atoms with Crippen molar-refractivity contribution in [2.45, 2.75) is 32.1 Å². The van der Waals surface area contributed by atoms with E-state index in [-0.39, 0.29) is 22.5 Å². The predicted molar refractivity (Wildman–Crippen MR) is 81.8 cm³/mol. The summed E-state index contributed by atoms with van der Waals surface area (Å²) in [6, 6.07) is 4.64. The van der Waals surface area contributed by atoms with E-state index in [1.165, 1.54) is 6.07 Å². The SMILES string of the molecule is Cc1ccc([N+](=O)[O-])c(C(=O)N2CCC(C(C)Cl)CC2)c1. The maximum absolute atomic E-state index is 12.5. The Morgan fingerprint density at radius 1 is 1.43 bits per heavy atom. The zero-order valence-corrected chi connectivity index (χ0v) is 13.0. The second-order valence-corrected chi connectivity index (χ2v) is 6.27. The Morgan fingerprint density at radius 2 is 2.05 bits per heavy atom. The normalized spacial score (nSPS) is 17.6. The fourth-order valence-corrected chi connectivity index (χ4v) is 2.96. The van der Waals surface area contributed by atoms with Crippen LogP contribution in [0.1, 0.15) is 35.7 Å². The van der Waals surface area contributed by atoms with Crippen molar-refractivity contribution in [3.05, 3.63) is 39.4 Å². The highest BCUT2D eigenvalue weighted by Gasteiger charge is 2.29. The molecule has 0 bridgehead atoms. The molecule has 1 aromatic rings. The number of alkyl halides is 1. The number of hydrogen-bond donors (Lipinski definition) is 0. The van der Waals surface area contributed by atoms with Crippen molar-refractivity contribution in [1.29, 1.82) is 0 Å². The van der Waals surface area contributed by atoms with Gasteiger partial charge in [-0.3, -0.25) is 14.9 Å². The summed E-state index contributed by atoms with van der Waals surface area (Å²) in [5, 5.41) is 11.2. The average molecular weight is 311 g/mol. The molecular formula is C15H19ClN2O3. The minimum atomic E-state index is -0.500. The van der Waals surface area contributed by atoms with Gasteiger partial charge in [-0.2, -0.15) is 0 Å². The number of piperidine rings is 1. The molecule has 114 valence electrons. The van der Waals surface area contributed by atoms with Crippen LogP contribution in [0.4, 0.5) is 5.69 Å². The highest BCUT2D eigenvalue weighted by atomic mass is 35.5. The van der Waals surface area contributed by atoms with Gasteiger partial charge in [0.2, 0.25) is 0 Å². The van der Waals surface area contributed by atoms with E-state index in [2.05, 4.69) is 0 Å². The smallest absolute Gasteiger partial charge is 0.282 e. The van der Waals surface area contributed by atoms with Gasteiger partial charge in [0.25, 0.3) is 11.6 Å². The summed E-state index contributed by atoms with van der Waals surface area (Å²) in [4.78, 5) is 24.8. The van der Waals surface area contributed by atoms with Crippen LogP contribution < -0.4 is 0 Å². The molecule has 0 aromatic heterocycles. The van der Waals surface area contributed by atoms with Crippen molar-refractivity contribution in [3.63, 3.8) is 0 Å². The Balaban J connectivity index is 2.18. The van der Waals surface area contributed by atoms with E-state index in [0.717, 1.165) is 18.4 Å². The van der Waals surface area contributed by atoms with Crippen LogP contribution in [0.5, 0.6) is 0 Å². The van der Waals surface area contributed by atoms with Crippen LogP contribution in [0.3, 0.4) is 0 Å². The molecule has 1 heterocycles. The van der Waals surface area contributed by atoms with Crippen molar-refractivity contribution in [2.24, 2.45) is 5.92 Å². The minimum Gasteiger partial charge on any atom is -0.338 e. The first kappa shape index (κ1) is 15.8. The standard InChI is InChI=1S/C15H19ClN2O3/c1-10-3-4-14(18(20)21)13(9-10)15(19)17-7-5-12(6-8-17)11(2)16/h3-4,9,11-12H,5-8H2,1-2H3. The van der Waals surface area contributed by atoms with Gasteiger partial charge in [0, 0.05) is 24.5 Å². The zero-order valence-electron chi connectivity index (χ0n) is 12.2. The number of hydrogen-bond acceptors (Lipinski definition) is 3. The fourth-order valence-electron chi connectivity index (χ4n) is 2.71. The Bertz CT molecular complexity index is 552. The zero-order chi connectivity index (χ0) is 15.6. The van der Waals surface area contributed by atoms with E-state index < -0.39 is 4.92 Å². The Hall–Kier alpha value is -1.62. The topological polar surface area (TPSA) is 63.5 Å². The molecule has 5 nitrogen and oxygen atoms in total. The summed E-state index contributed by atoms with van der Waals surface area (Å²) in [6.45, 7) is 4.99. The van der Waals surface area contributed by atoms with Gasteiger partial charge < -0.3 is 4.90 Å². The third-order valence-corrected chi connectivity index (χ3v) is 4.41. The number of carbonyl (C=O) groups excluding carboxylic acids is 1. The molecule has 2 rings (SSSR count). The molecule has 1 amide bonds. The van der Waals surface area contributed by atoms with Crippen LogP contribution in [0.2, 0.25) is 0 Å². The maximum Gasteiger partial charge on any atom is 0.282 e. The van der Waals surface area contributed by atoms with Crippen LogP contribution in [0.15, 0.2) is 18.2 Å². The van der Waals surface area contributed by atoms with E-state index in [4.69, 9.17) is 11.6 Å². The van der Waals surface area contributed by atoms with Crippen molar-refractivity contribution >= 4 is 23.2 Å². The van der Waals surface area contributed by atoms with E-state index in [1.807, 2.05) is 13.8 Å². The molecule has 6 heteroatoms. The second-order valence-electron chi connectivity index (χ2n) is 5.58. The monoisotopic (exact) mass is 310 g/mol. The lowest BCUT2D eigenvalue weighted by molar-refractivity contribution is -0.385. The number of likely N-dealkylation sites (tertiary alicyclic amines) is 1. The Kier molecular flexibility index (Phi) is 4.83. The number of benzene rings is 1. The number of rotatable bonds is 3.